The van der Waals surface area contributed by atoms with Crippen LogP contribution in [0, 0.1) is 11.2 Å². The second-order valence-corrected chi connectivity index (χ2v) is 6.61. The quantitative estimate of drug-likeness (QED) is 0.703. The number of rotatable bonds is 1. The highest BCUT2D eigenvalue weighted by Gasteiger charge is 2.44. The molecule has 1 amide bonds. The van der Waals surface area contributed by atoms with Gasteiger partial charge in [0.05, 0.1) is 15.4 Å². The minimum Gasteiger partial charge on any atom is -0.273 e. The molecule has 1 aromatic carbocycles. The summed E-state index contributed by atoms with van der Waals surface area (Å²) in [5.74, 6) is -0.793. The summed E-state index contributed by atoms with van der Waals surface area (Å²) in [6.45, 7) is 3.57. The Hall–Kier alpha value is -0.520. The van der Waals surface area contributed by atoms with Crippen LogP contribution in [-0.2, 0) is 4.79 Å². The number of hydrogen-bond acceptors (Lipinski definition) is 2. The summed E-state index contributed by atoms with van der Waals surface area (Å²) >= 11 is 14.3. The summed E-state index contributed by atoms with van der Waals surface area (Å²) in [7, 11) is 0. The van der Waals surface area contributed by atoms with Crippen LogP contribution < -0.4 is 4.90 Å². The molecule has 0 spiro atoms. The van der Waals surface area contributed by atoms with E-state index in [0.717, 1.165) is 0 Å². The van der Waals surface area contributed by atoms with Crippen LogP contribution in [0.5, 0.6) is 0 Å². The molecule has 0 unspecified atom stereocenters. The van der Waals surface area contributed by atoms with Crippen molar-refractivity contribution in [1.29, 1.82) is 0 Å². The molecule has 96 valence electrons. The van der Waals surface area contributed by atoms with Gasteiger partial charge in [0.25, 0.3) is 0 Å². The lowest BCUT2D eigenvalue weighted by atomic mass is 9.92. The Morgan fingerprint density at radius 2 is 2.11 bits per heavy atom. The van der Waals surface area contributed by atoms with Gasteiger partial charge in [-0.2, -0.15) is 0 Å². The van der Waals surface area contributed by atoms with E-state index >= 15 is 0 Å². The lowest BCUT2D eigenvalue weighted by Crippen LogP contribution is -2.33. The summed E-state index contributed by atoms with van der Waals surface area (Å²) in [4.78, 5) is 13.8. The fraction of sp³-hybridized carbons (Fsp3) is 0.333. The van der Waals surface area contributed by atoms with E-state index in [2.05, 4.69) is 15.9 Å². The minimum atomic E-state index is -0.611. The van der Waals surface area contributed by atoms with Gasteiger partial charge in [0, 0.05) is 10.9 Å². The molecule has 2 nitrogen and oxygen atoms in total. The first kappa shape index (κ1) is 13.9. The molecular weight excluding hydrogens is 341 g/mol. The van der Waals surface area contributed by atoms with Crippen LogP contribution in [0.4, 0.5) is 10.1 Å². The van der Waals surface area contributed by atoms with Gasteiger partial charge in [0.15, 0.2) is 0 Å². The smallest absolute Gasteiger partial charge is 0.238 e. The minimum absolute atomic E-state index is 0.0421. The van der Waals surface area contributed by atoms with Gasteiger partial charge < -0.3 is 0 Å². The molecule has 2 rings (SSSR count). The molecule has 1 aromatic rings. The van der Waals surface area contributed by atoms with Crippen LogP contribution in [0.15, 0.2) is 16.6 Å². The van der Waals surface area contributed by atoms with Gasteiger partial charge in [-0.05, 0) is 12.1 Å². The number of benzene rings is 1. The lowest BCUT2D eigenvalue weighted by Gasteiger charge is -2.20. The van der Waals surface area contributed by atoms with Crippen molar-refractivity contribution in [2.75, 3.05) is 4.90 Å². The summed E-state index contributed by atoms with van der Waals surface area (Å²) < 4.78 is 14.5. The average molecular weight is 351 g/mol. The number of anilines is 1. The van der Waals surface area contributed by atoms with Crippen LogP contribution in [0.25, 0.3) is 0 Å². The number of carbonyl (C=O) groups excluding carboxylic acids is 1. The molecule has 0 saturated carbocycles. The first-order chi connectivity index (χ1) is 8.24. The number of hydrogen-bond donors (Lipinski definition) is 0. The Labute approximate surface area is 123 Å². The maximum Gasteiger partial charge on any atom is 0.238 e. The second-order valence-electron chi connectivity index (χ2n) is 4.81. The average Bonchev–Trinajstić information content (AvgIpc) is 2.38. The van der Waals surface area contributed by atoms with Crippen molar-refractivity contribution in [1.82, 2.24) is 0 Å². The molecule has 0 aromatic heterocycles. The SMILES string of the molecule is CC1(C)CC(=S)N(c2c(F)cc(Br)cc2Cl)C1=O. The van der Waals surface area contributed by atoms with Crippen molar-refractivity contribution in [3.05, 3.63) is 27.4 Å². The Bertz CT molecular complexity index is 538. The standard InChI is InChI=1S/C12H10BrClFNOS/c1-12(2)5-9(18)16(11(12)17)10-7(14)3-6(13)4-8(10)15/h3-4H,5H2,1-2H3. The number of carbonyl (C=O) groups is 1. The van der Waals surface area contributed by atoms with Crippen LogP contribution in [0.2, 0.25) is 5.02 Å². The van der Waals surface area contributed by atoms with E-state index < -0.39 is 11.2 Å². The van der Waals surface area contributed by atoms with Crippen molar-refractivity contribution in [2.24, 2.45) is 5.41 Å². The van der Waals surface area contributed by atoms with Crippen molar-refractivity contribution in [2.45, 2.75) is 20.3 Å². The van der Waals surface area contributed by atoms with E-state index in [-0.39, 0.29) is 16.6 Å². The first-order valence-electron chi connectivity index (χ1n) is 5.26. The van der Waals surface area contributed by atoms with Gasteiger partial charge in [-0.25, -0.2) is 4.39 Å². The molecule has 0 aliphatic carbocycles. The highest BCUT2D eigenvalue weighted by Crippen LogP contribution is 2.40. The Morgan fingerprint density at radius 1 is 1.50 bits per heavy atom. The summed E-state index contributed by atoms with van der Waals surface area (Å²) in [5.41, 5.74) is -0.569. The van der Waals surface area contributed by atoms with Crippen molar-refractivity contribution in [3.63, 3.8) is 0 Å². The molecule has 1 saturated heterocycles. The summed E-state index contributed by atoms with van der Waals surface area (Å²) in [5, 5.41) is 0.162. The van der Waals surface area contributed by atoms with Crippen LogP contribution >= 0.6 is 39.7 Å². The number of thiocarbonyl (C=S) groups is 1. The molecular formula is C12H10BrClFNOS. The predicted molar refractivity (Wildman–Crippen MR) is 77.6 cm³/mol. The number of nitrogens with zero attached hydrogens (tertiary/aromatic N) is 1. The topological polar surface area (TPSA) is 20.3 Å². The maximum atomic E-state index is 14.0. The molecule has 1 heterocycles. The molecule has 0 N–H and O–H groups in total. The Kier molecular flexibility index (Phi) is 3.51. The van der Waals surface area contributed by atoms with Crippen LogP contribution in [-0.4, -0.2) is 10.9 Å². The van der Waals surface area contributed by atoms with Gasteiger partial charge in [0.1, 0.15) is 11.5 Å². The molecule has 18 heavy (non-hydrogen) atoms. The Morgan fingerprint density at radius 3 is 2.56 bits per heavy atom. The van der Waals surface area contributed by atoms with Gasteiger partial charge in [-0.3, -0.25) is 9.69 Å². The highest BCUT2D eigenvalue weighted by atomic mass is 79.9. The van der Waals surface area contributed by atoms with E-state index in [9.17, 15) is 9.18 Å². The van der Waals surface area contributed by atoms with Gasteiger partial charge in [-0.1, -0.05) is 53.6 Å². The third kappa shape index (κ3) is 2.19. The zero-order valence-corrected chi connectivity index (χ0v) is 12.9. The number of amides is 1. The zero-order valence-electron chi connectivity index (χ0n) is 9.76. The largest absolute Gasteiger partial charge is 0.273 e. The predicted octanol–water partition coefficient (Wildman–Crippen LogP) is 4.33. The molecule has 0 bridgehead atoms. The third-order valence-electron chi connectivity index (χ3n) is 2.83. The number of halogens is 3. The highest BCUT2D eigenvalue weighted by molar-refractivity contribution is 9.10. The van der Waals surface area contributed by atoms with E-state index in [0.29, 0.717) is 15.9 Å². The third-order valence-corrected chi connectivity index (χ3v) is 3.90. The zero-order chi connectivity index (χ0) is 13.7. The molecule has 1 aliphatic heterocycles. The summed E-state index contributed by atoms with van der Waals surface area (Å²) in [6.07, 6.45) is 0.424. The fourth-order valence-electron chi connectivity index (χ4n) is 1.92. The van der Waals surface area contributed by atoms with Gasteiger partial charge in [-0.15, -0.1) is 0 Å². The van der Waals surface area contributed by atoms with Gasteiger partial charge in [0.2, 0.25) is 5.91 Å². The molecule has 6 heteroatoms. The summed E-state index contributed by atoms with van der Waals surface area (Å²) in [6, 6.07) is 2.81. The van der Waals surface area contributed by atoms with Gasteiger partial charge >= 0.3 is 0 Å². The monoisotopic (exact) mass is 349 g/mol. The fourth-order valence-corrected chi connectivity index (χ4v) is 3.31. The second kappa shape index (κ2) is 4.54. The molecule has 1 fully saturated rings. The first-order valence-corrected chi connectivity index (χ1v) is 6.84. The molecule has 0 radical (unpaired) electrons. The Balaban J connectivity index is 2.57. The van der Waals surface area contributed by atoms with Crippen molar-refractivity contribution in [3.8, 4) is 0 Å². The van der Waals surface area contributed by atoms with Crippen LogP contribution in [0.1, 0.15) is 20.3 Å². The van der Waals surface area contributed by atoms with E-state index in [1.54, 1.807) is 19.9 Å². The van der Waals surface area contributed by atoms with E-state index in [4.69, 9.17) is 23.8 Å². The van der Waals surface area contributed by atoms with E-state index in [1.807, 2.05) is 0 Å². The lowest BCUT2D eigenvalue weighted by molar-refractivity contribution is -0.123. The van der Waals surface area contributed by atoms with Crippen molar-refractivity contribution < 1.29 is 9.18 Å². The van der Waals surface area contributed by atoms with Crippen molar-refractivity contribution >= 4 is 56.3 Å². The molecule has 0 atom stereocenters. The normalized spacial score (nSPS) is 18.6. The maximum absolute atomic E-state index is 14.0. The van der Waals surface area contributed by atoms with E-state index in [1.165, 1.54) is 11.0 Å². The molecule has 1 aliphatic rings. The van der Waals surface area contributed by atoms with Crippen LogP contribution in [0.3, 0.4) is 0 Å².